The maximum atomic E-state index is 13.9. The third-order valence-electron chi connectivity index (χ3n) is 16.7. The minimum absolute atomic E-state index is 0.000647. The van der Waals surface area contributed by atoms with Crippen molar-refractivity contribution in [2.24, 2.45) is 0 Å². The molecule has 0 spiro atoms. The fourth-order valence-electron chi connectivity index (χ4n) is 11.5. The van der Waals surface area contributed by atoms with E-state index in [0.717, 1.165) is 36.3 Å². The summed E-state index contributed by atoms with van der Waals surface area (Å²) in [5.74, 6) is 0. The first kappa shape index (κ1) is 97.7. The number of ether oxygens (including phenoxy) is 13. The Morgan fingerprint density at radius 2 is 0.839 bits per heavy atom. The average Bonchev–Trinajstić information content (AvgIpc) is 1.46. The Hall–Kier alpha value is -11.7. The lowest BCUT2D eigenvalue weighted by atomic mass is 10.2. The first-order chi connectivity index (χ1) is 57.5. The first-order valence-corrected chi connectivity index (χ1v) is 40.1. The highest BCUT2D eigenvalue weighted by Crippen LogP contribution is 2.35. The summed E-state index contributed by atoms with van der Waals surface area (Å²) in [6.45, 7) is 27.4. The number of carbonyl (C=O) groups is 6. The van der Waals surface area contributed by atoms with E-state index in [0.29, 0.717) is 0 Å². The van der Waals surface area contributed by atoms with Gasteiger partial charge in [0.2, 0.25) is 0 Å². The number of benzene rings is 1. The normalized spacial score (nSPS) is 19.3. The van der Waals surface area contributed by atoms with Gasteiger partial charge in [-0.2, -0.15) is 17.6 Å². The summed E-state index contributed by atoms with van der Waals surface area (Å²) in [5.41, 5.74) is -11.2. The second-order valence-corrected chi connectivity index (χ2v) is 35.7. The molecular formula is C76H103F2N15O30S. The monoisotopic (exact) mass is 1770 g/mol. The van der Waals surface area contributed by atoms with E-state index in [9.17, 15) is 79.8 Å². The Morgan fingerprint density at radius 1 is 0.484 bits per heavy atom. The molecular weight excluding hydrogens is 1670 g/mol. The van der Waals surface area contributed by atoms with Gasteiger partial charge in [-0.1, -0.05) is 33.3 Å². The van der Waals surface area contributed by atoms with Gasteiger partial charge in [-0.05, 0) is 144 Å². The number of nitrogens with one attached hydrogen (secondary N) is 1. The van der Waals surface area contributed by atoms with Crippen molar-refractivity contribution < 1.29 is 122 Å². The van der Waals surface area contributed by atoms with Gasteiger partial charge in [0.1, 0.15) is 126 Å². The van der Waals surface area contributed by atoms with E-state index in [4.69, 9.17) is 70.9 Å². The van der Waals surface area contributed by atoms with Crippen molar-refractivity contribution in [2.45, 2.75) is 264 Å². The number of rotatable bonds is 22. The Balaban J connectivity index is 0.000000247. The number of aromatic amines is 1. The third-order valence-corrected chi connectivity index (χ3v) is 18.1. The van der Waals surface area contributed by atoms with Gasteiger partial charge in [-0.3, -0.25) is 37.3 Å². The van der Waals surface area contributed by atoms with Crippen molar-refractivity contribution in [3.63, 3.8) is 0 Å². The van der Waals surface area contributed by atoms with E-state index in [1.807, 2.05) is 6.92 Å². The molecule has 0 saturated carbocycles. The number of aromatic nitrogens is 15. The van der Waals surface area contributed by atoms with Crippen LogP contribution in [0, 0.1) is 6.92 Å². The Labute approximate surface area is 706 Å². The summed E-state index contributed by atoms with van der Waals surface area (Å²) in [4.78, 5) is 157. The molecule has 0 amide bonds. The molecule has 0 aliphatic carbocycles. The molecule has 0 radical (unpaired) electrons. The molecule has 3 saturated heterocycles. The Kier molecular flexibility index (Phi) is 31.4. The second kappa shape index (κ2) is 39.8. The van der Waals surface area contributed by atoms with E-state index < -0.39 is 196 Å². The molecule has 6 aromatic heterocycles. The highest BCUT2D eigenvalue weighted by Gasteiger charge is 2.45. The van der Waals surface area contributed by atoms with Crippen molar-refractivity contribution >= 4 is 46.9 Å². The number of H-pyrrole nitrogens is 1. The van der Waals surface area contributed by atoms with Crippen LogP contribution in [-0.4, -0.2) is 238 Å². The fourth-order valence-corrected chi connectivity index (χ4v) is 12.4. The van der Waals surface area contributed by atoms with Crippen molar-refractivity contribution in [1.82, 2.24) is 72.8 Å². The number of carbonyl (C=O) groups excluding carboxylic acids is 6. The molecule has 9 atom stereocenters. The molecule has 3 fully saturated rings. The zero-order chi connectivity index (χ0) is 92.3. The molecule has 0 unspecified atom stereocenters. The molecule has 48 heteroatoms. The average molecular weight is 1770 g/mol. The fraction of sp³-hybridized carbons (Fsp3) is 0.605. The van der Waals surface area contributed by atoms with Crippen LogP contribution in [0.15, 0.2) is 95.1 Å². The summed E-state index contributed by atoms with van der Waals surface area (Å²) in [6.07, 6.45) is -9.37. The van der Waals surface area contributed by atoms with Crippen molar-refractivity contribution in [2.75, 3.05) is 39.8 Å². The van der Waals surface area contributed by atoms with Gasteiger partial charge < -0.3 is 71.8 Å². The second-order valence-electron chi connectivity index (χ2n) is 34.1. The van der Waals surface area contributed by atoms with Gasteiger partial charge >= 0.3 is 53.9 Å². The van der Waals surface area contributed by atoms with Crippen LogP contribution in [0.1, 0.15) is 168 Å². The van der Waals surface area contributed by atoms with Gasteiger partial charge in [0, 0.05) is 37.9 Å². The van der Waals surface area contributed by atoms with Crippen molar-refractivity contribution in [3.8, 4) is 33.8 Å². The van der Waals surface area contributed by atoms with E-state index >= 15 is 0 Å². The van der Waals surface area contributed by atoms with E-state index in [1.54, 1.807) is 137 Å². The molecule has 3 N–H and O–H groups in total. The lowest BCUT2D eigenvalue weighted by molar-refractivity contribution is -0.0830. The Morgan fingerprint density at radius 3 is 1.21 bits per heavy atom. The highest BCUT2D eigenvalue weighted by molar-refractivity contribution is 7.86. The van der Waals surface area contributed by atoms with Crippen LogP contribution in [0.2, 0.25) is 0 Å². The molecule has 1 aromatic carbocycles. The molecule has 3 aliphatic heterocycles. The first-order valence-electron chi connectivity index (χ1n) is 38.7. The Bertz CT molecular complexity index is 5460. The van der Waals surface area contributed by atoms with Crippen LogP contribution in [0.3, 0.4) is 0 Å². The number of alkyl halides is 2. The zero-order valence-corrected chi connectivity index (χ0v) is 72.5. The van der Waals surface area contributed by atoms with Gasteiger partial charge in [0.05, 0.1) is 79.1 Å². The minimum Gasteiger partial charge on any atom is -0.443 e. The molecule has 45 nitrogen and oxygen atoms in total. The van der Waals surface area contributed by atoms with Gasteiger partial charge in [-0.15, -0.1) is 15.3 Å². The van der Waals surface area contributed by atoms with Crippen LogP contribution >= 0.6 is 0 Å². The van der Waals surface area contributed by atoms with Crippen molar-refractivity contribution in [1.29, 1.82) is 0 Å². The minimum atomic E-state index is -4.08. The molecule has 124 heavy (non-hydrogen) atoms. The SMILES string of the molecule is CC(C)(C)OC(=O)OC[C@H]1O[C@@H](n2cc(-c3cn(CC[18F])nn3)c(=O)n(C(=O)OC(C)(C)C)c2=O)C[C@@H]1OC(=O)OC(C)(C)C.Cc1ccc(S(=O)(=O)OCCn2cc(-c3cn([C@H]4C[C@H](OC(=O)OC(C)(C)C)[C@@H](COC(=O)OC(C)(C)C)O4)c(=O)n(C(=O)OC(C)(C)C)c3=O)nn2)cc1.O=c1[nH]c(=O)n([C@H]2C[C@H](O)[C@@H](CO)O2)cc1-c1cn(CC[18F])nn1. The molecule has 3 aliphatic rings. The quantitative estimate of drug-likeness (QED) is 0.0380. The number of aliphatic hydroxyl groups excluding tert-OH is 2. The molecule has 10 rings (SSSR count). The summed E-state index contributed by atoms with van der Waals surface area (Å²) >= 11 is 0. The number of aryl methyl sites for hydroxylation is 3. The summed E-state index contributed by atoms with van der Waals surface area (Å²) in [5, 5.41) is 42.0. The topological polar surface area (TPSA) is 541 Å². The summed E-state index contributed by atoms with van der Waals surface area (Å²) in [6, 6.07) is 6.09. The number of nitrogens with zero attached hydrogens (tertiary/aromatic N) is 14. The number of hydrogen-bond acceptors (Lipinski definition) is 36. The van der Waals surface area contributed by atoms with Gasteiger partial charge in [0.25, 0.3) is 26.8 Å². The highest BCUT2D eigenvalue weighted by atomic mass is 32.2. The van der Waals surface area contributed by atoms with Crippen LogP contribution in [-0.2, 0) is 95.5 Å². The smallest absolute Gasteiger partial charge is 0.443 e. The van der Waals surface area contributed by atoms with E-state index in [-0.39, 0.29) is 99.9 Å². The molecule has 682 valence electrons. The standard InChI is InChI=1S/C35H47N5O14S.C28H40FN5O11.C13H16FN5O5/c1-21-11-13-22(14-12-21)55(46,47)49-16-15-38-19-24(36-37-38)23-18-39(29(42)40(28(23)41)30(43)52-33(2,3)4)27-17-25(51-32(45)54-35(8,9)10)26(50-27)20-48-31(44)53-34(5,6)7;1-26(2,3)43-23(37)34-21(35)16(17-14-32(11-10-29)31-30-17)13-33(22(34)36)20-12-18(42-25(39)45-28(7,8)9)19(41-20)15-40-24(38)44-27(4,5)6;14-1-2-18-5-8(16-17-18)7-4-19(13(23)15-12(7)22)11-3-9(21)10(6-20)24-11/h11-14,18-19,25-27H,15-17,20H2,1-10H3;13-14,18-20H,10-12,15H2,1-9H3;4-5,9-11,20-21H,1-3,6H2,(H,15,22,23)/t25-,26+,27+;18-,19+,20+;9-,10+,11+/m000/s1/i;29-1;14-1. The number of halogens is 2. The number of aliphatic hydroxyl groups is 2. The molecule has 7 aromatic rings. The number of hydrogen-bond donors (Lipinski definition) is 3. The predicted molar refractivity (Wildman–Crippen MR) is 423 cm³/mol. The molecule has 0 bridgehead atoms. The molecule has 9 heterocycles. The lowest BCUT2D eigenvalue weighted by Gasteiger charge is -2.23. The van der Waals surface area contributed by atoms with Gasteiger partial charge in [0.15, 0.2) is 0 Å². The van der Waals surface area contributed by atoms with Crippen LogP contribution in [0.4, 0.5) is 37.5 Å². The lowest BCUT2D eigenvalue weighted by Crippen LogP contribution is -2.47. The van der Waals surface area contributed by atoms with Crippen molar-refractivity contribution in [3.05, 3.63) is 130 Å². The summed E-state index contributed by atoms with van der Waals surface area (Å²) in [7, 11) is -4.08. The largest absolute Gasteiger partial charge is 0.509 e. The van der Waals surface area contributed by atoms with Gasteiger partial charge in [-0.25, -0.2) is 66.0 Å². The van der Waals surface area contributed by atoms with Crippen LogP contribution < -0.4 is 33.7 Å². The zero-order valence-electron chi connectivity index (χ0n) is 71.7. The van der Waals surface area contributed by atoms with E-state index in [2.05, 4.69) is 35.9 Å². The predicted octanol–water partition coefficient (Wildman–Crippen LogP) is 6.31. The maximum Gasteiger partial charge on any atom is 0.509 e. The summed E-state index contributed by atoms with van der Waals surface area (Å²) < 4.78 is 133. The van der Waals surface area contributed by atoms with E-state index in [1.165, 1.54) is 46.3 Å². The van der Waals surface area contributed by atoms with Crippen LogP contribution in [0.5, 0.6) is 0 Å². The van der Waals surface area contributed by atoms with Crippen LogP contribution in [0.25, 0.3) is 33.8 Å². The maximum absolute atomic E-state index is 13.9. The third kappa shape index (κ3) is 27.6.